The van der Waals surface area contributed by atoms with Gasteiger partial charge < -0.3 is 14.3 Å². The Bertz CT molecular complexity index is 720. The molecular weight excluding hydrogens is 274 g/mol. The molecule has 0 saturated carbocycles. The number of carbonyl (C=O) groups excluding carboxylic acids is 1. The minimum atomic E-state index is -4.09. The number of alkyl halides is 2. The van der Waals surface area contributed by atoms with Crippen LogP contribution in [0.3, 0.4) is 0 Å². The first-order chi connectivity index (χ1) is 9.36. The summed E-state index contributed by atoms with van der Waals surface area (Å²) in [5.74, 6) is -6.08. The van der Waals surface area contributed by atoms with Crippen LogP contribution >= 0.6 is 0 Å². The van der Waals surface area contributed by atoms with Crippen LogP contribution in [-0.4, -0.2) is 17.7 Å². The van der Waals surface area contributed by atoms with Crippen molar-refractivity contribution in [3.8, 4) is 5.75 Å². The molecule has 0 amide bonds. The Kier molecular flexibility index (Phi) is 3.44. The summed E-state index contributed by atoms with van der Waals surface area (Å²) in [6.07, 6.45) is 0. The molecule has 0 aliphatic carbocycles. The van der Waals surface area contributed by atoms with Gasteiger partial charge in [0.25, 0.3) is 0 Å². The summed E-state index contributed by atoms with van der Waals surface area (Å²) in [4.78, 5) is 22.8. The number of fused-ring (bicyclic) bond motifs is 1. The quantitative estimate of drug-likeness (QED) is 0.690. The van der Waals surface area contributed by atoms with E-state index in [0.717, 1.165) is 12.1 Å². The highest BCUT2D eigenvalue weighted by atomic mass is 19.3. The molecule has 1 aromatic carbocycles. The van der Waals surface area contributed by atoms with Crippen LogP contribution in [0.5, 0.6) is 5.75 Å². The molecule has 0 fully saturated rings. The van der Waals surface area contributed by atoms with E-state index in [2.05, 4.69) is 9.15 Å². The lowest BCUT2D eigenvalue weighted by Gasteiger charge is -2.13. The Morgan fingerprint density at radius 3 is 2.75 bits per heavy atom. The zero-order valence-corrected chi connectivity index (χ0v) is 10.4. The normalized spacial score (nSPS) is 11.6. The van der Waals surface area contributed by atoms with E-state index in [9.17, 15) is 23.5 Å². The Morgan fingerprint density at radius 1 is 1.40 bits per heavy atom. The molecule has 2 rings (SSSR count). The molecule has 1 aromatic heterocycles. The Hall–Kier alpha value is -2.44. The van der Waals surface area contributed by atoms with Crippen molar-refractivity contribution >= 4 is 16.9 Å². The van der Waals surface area contributed by atoms with Crippen molar-refractivity contribution in [2.24, 2.45) is 0 Å². The van der Waals surface area contributed by atoms with Gasteiger partial charge in [0.1, 0.15) is 16.9 Å². The predicted octanol–water partition coefficient (Wildman–Crippen LogP) is 2.15. The molecule has 0 aliphatic rings. The summed E-state index contributed by atoms with van der Waals surface area (Å²) in [5.41, 5.74) is -2.52. The zero-order chi connectivity index (χ0) is 14.9. The molecular formula is C13H10F2O5. The summed E-state index contributed by atoms with van der Waals surface area (Å²) in [6.45, 7) is 1.14. The number of carbonyl (C=O) groups is 1. The number of hydrogen-bond donors (Lipinski definition) is 1. The largest absolute Gasteiger partial charge is 0.508 e. The molecule has 7 heteroatoms. The molecule has 20 heavy (non-hydrogen) atoms. The first-order valence-electron chi connectivity index (χ1n) is 5.68. The van der Waals surface area contributed by atoms with Crippen LogP contribution in [0.15, 0.2) is 33.5 Å². The fraction of sp³-hybridized carbons (Fsp3) is 0.231. The van der Waals surface area contributed by atoms with Gasteiger partial charge in [0.05, 0.1) is 6.61 Å². The van der Waals surface area contributed by atoms with Crippen molar-refractivity contribution in [3.63, 3.8) is 0 Å². The number of aromatic hydroxyl groups is 1. The SMILES string of the molecule is CCOC(=O)C(F)(F)c1cc2ccc(O)cc2oc1=O. The average Bonchev–Trinajstić information content (AvgIpc) is 2.37. The second kappa shape index (κ2) is 4.92. The molecule has 2 aromatic rings. The van der Waals surface area contributed by atoms with Crippen molar-refractivity contribution in [2.75, 3.05) is 6.61 Å². The van der Waals surface area contributed by atoms with Crippen LogP contribution in [0.4, 0.5) is 8.78 Å². The van der Waals surface area contributed by atoms with Crippen LogP contribution in [0.2, 0.25) is 0 Å². The van der Waals surface area contributed by atoms with Crippen molar-refractivity contribution in [1.29, 1.82) is 0 Å². The summed E-state index contributed by atoms with van der Waals surface area (Å²) in [6, 6.07) is 4.49. The molecule has 1 N–H and O–H groups in total. The molecule has 0 aliphatic heterocycles. The van der Waals surface area contributed by atoms with Crippen LogP contribution < -0.4 is 5.63 Å². The number of halogens is 2. The van der Waals surface area contributed by atoms with E-state index in [0.29, 0.717) is 0 Å². The number of phenols is 1. The summed E-state index contributed by atoms with van der Waals surface area (Å²) in [7, 11) is 0. The van der Waals surface area contributed by atoms with Crippen molar-refractivity contribution in [2.45, 2.75) is 12.8 Å². The summed E-state index contributed by atoms with van der Waals surface area (Å²) in [5, 5.41) is 9.38. The van der Waals surface area contributed by atoms with E-state index in [4.69, 9.17) is 0 Å². The van der Waals surface area contributed by atoms with Crippen LogP contribution in [0, 0.1) is 0 Å². The molecule has 5 nitrogen and oxygen atoms in total. The maximum atomic E-state index is 13.8. The molecule has 1 heterocycles. The third kappa shape index (κ3) is 2.34. The summed E-state index contributed by atoms with van der Waals surface area (Å²) < 4.78 is 36.6. The Labute approximate surface area is 111 Å². The van der Waals surface area contributed by atoms with Gasteiger partial charge in [-0.3, -0.25) is 0 Å². The average molecular weight is 284 g/mol. The van der Waals surface area contributed by atoms with Gasteiger partial charge in [-0.2, -0.15) is 8.78 Å². The van der Waals surface area contributed by atoms with E-state index in [1.165, 1.54) is 19.1 Å². The maximum absolute atomic E-state index is 13.8. The van der Waals surface area contributed by atoms with Gasteiger partial charge in [0.15, 0.2) is 0 Å². The third-order valence-electron chi connectivity index (χ3n) is 2.59. The zero-order valence-electron chi connectivity index (χ0n) is 10.4. The second-order valence-corrected chi connectivity index (χ2v) is 3.96. The number of rotatable bonds is 3. The number of benzene rings is 1. The van der Waals surface area contributed by atoms with Gasteiger partial charge in [0.2, 0.25) is 0 Å². The lowest BCUT2D eigenvalue weighted by Crippen LogP contribution is -2.33. The number of phenolic OH excluding ortho intramolecular Hbond substituents is 1. The molecule has 0 saturated heterocycles. The lowest BCUT2D eigenvalue weighted by molar-refractivity contribution is -0.173. The van der Waals surface area contributed by atoms with Gasteiger partial charge in [0, 0.05) is 11.5 Å². The molecule has 106 valence electrons. The van der Waals surface area contributed by atoms with Crippen molar-refractivity contribution in [3.05, 3.63) is 40.2 Å². The smallest absolute Gasteiger partial charge is 0.382 e. The number of ether oxygens (including phenoxy) is 1. The fourth-order valence-electron chi connectivity index (χ4n) is 1.65. The van der Waals surface area contributed by atoms with Crippen LogP contribution in [-0.2, 0) is 15.5 Å². The second-order valence-electron chi connectivity index (χ2n) is 3.96. The monoisotopic (exact) mass is 284 g/mol. The molecule has 0 spiro atoms. The van der Waals surface area contributed by atoms with E-state index in [1.807, 2.05) is 0 Å². The first kappa shape index (κ1) is 14.0. The van der Waals surface area contributed by atoms with Gasteiger partial charge in [-0.15, -0.1) is 0 Å². The number of esters is 1. The van der Waals surface area contributed by atoms with Crippen LogP contribution in [0.1, 0.15) is 12.5 Å². The molecule has 0 bridgehead atoms. The third-order valence-corrected chi connectivity index (χ3v) is 2.59. The van der Waals surface area contributed by atoms with Crippen molar-refractivity contribution < 1.29 is 27.8 Å². The van der Waals surface area contributed by atoms with Crippen LogP contribution in [0.25, 0.3) is 11.0 Å². The molecule has 0 radical (unpaired) electrons. The molecule has 0 unspecified atom stereocenters. The topological polar surface area (TPSA) is 76.7 Å². The van der Waals surface area contributed by atoms with E-state index in [1.54, 1.807) is 0 Å². The first-order valence-corrected chi connectivity index (χ1v) is 5.68. The minimum absolute atomic E-state index is 0.0570. The Balaban J connectivity index is 2.60. The Morgan fingerprint density at radius 2 is 2.10 bits per heavy atom. The lowest BCUT2D eigenvalue weighted by atomic mass is 10.1. The fourth-order valence-corrected chi connectivity index (χ4v) is 1.65. The van der Waals surface area contributed by atoms with Gasteiger partial charge in [-0.25, -0.2) is 9.59 Å². The van der Waals surface area contributed by atoms with E-state index < -0.39 is 23.1 Å². The highest BCUT2D eigenvalue weighted by Crippen LogP contribution is 2.30. The number of hydrogen-bond acceptors (Lipinski definition) is 5. The maximum Gasteiger partial charge on any atom is 0.382 e. The van der Waals surface area contributed by atoms with Crippen molar-refractivity contribution in [1.82, 2.24) is 0 Å². The van der Waals surface area contributed by atoms with E-state index in [-0.39, 0.29) is 23.3 Å². The van der Waals surface area contributed by atoms with Gasteiger partial charge >= 0.3 is 17.5 Å². The van der Waals surface area contributed by atoms with Gasteiger partial charge in [-0.05, 0) is 25.1 Å². The minimum Gasteiger partial charge on any atom is -0.508 e. The van der Waals surface area contributed by atoms with E-state index >= 15 is 0 Å². The highest BCUT2D eigenvalue weighted by molar-refractivity contribution is 5.83. The highest BCUT2D eigenvalue weighted by Gasteiger charge is 2.45. The standard InChI is InChI=1S/C13H10F2O5/c1-2-19-12(18)13(14,15)9-5-7-3-4-8(16)6-10(7)20-11(9)17/h3-6,16H,2H2,1H3. The predicted molar refractivity (Wildman–Crippen MR) is 64.7 cm³/mol. The molecule has 0 atom stereocenters. The summed E-state index contributed by atoms with van der Waals surface area (Å²) >= 11 is 0. The van der Waals surface area contributed by atoms with Gasteiger partial charge in [-0.1, -0.05) is 0 Å².